The molecule has 0 heterocycles. The van der Waals surface area contributed by atoms with Gasteiger partial charge in [-0.25, -0.2) is 8.78 Å². The van der Waals surface area contributed by atoms with Crippen LogP contribution in [-0.2, 0) is 19.1 Å². The molecule has 23 heavy (non-hydrogen) atoms. The Labute approximate surface area is 129 Å². The zero-order valence-corrected chi connectivity index (χ0v) is 12.0. The van der Waals surface area contributed by atoms with Crippen molar-refractivity contribution in [2.75, 3.05) is 26.4 Å². The highest BCUT2D eigenvalue weighted by Crippen LogP contribution is 2.26. The summed E-state index contributed by atoms with van der Waals surface area (Å²) in [6.45, 7) is 0.431. The fourth-order valence-corrected chi connectivity index (χ4v) is 1.41. The molecule has 0 N–H and O–H groups in total. The number of halogens is 4. The Balaban J connectivity index is 2.34. The van der Waals surface area contributed by atoms with Crippen LogP contribution in [0.1, 0.15) is 12.8 Å². The van der Waals surface area contributed by atoms with Gasteiger partial charge in [-0.2, -0.15) is 8.78 Å². The van der Waals surface area contributed by atoms with E-state index in [9.17, 15) is 27.2 Å². The minimum atomic E-state index is -1.79. The number of hydrogen-bond acceptors (Lipinski definition) is 5. The van der Waals surface area contributed by atoms with Crippen LogP contribution in [-0.4, -0.2) is 38.7 Å². The van der Waals surface area contributed by atoms with E-state index in [2.05, 4.69) is 4.74 Å². The van der Waals surface area contributed by atoms with E-state index in [4.69, 9.17) is 9.47 Å². The lowest BCUT2D eigenvalue weighted by molar-refractivity contribution is -0.136. The van der Waals surface area contributed by atoms with E-state index in [1.807, 2.05) is 0 Å². The fraction of sp³-hybridized carbons (Fsp3) is 0.429. The van der Waals surface area contributed by atoms with Crippen molar-refractivity contribution in [1.82, 2.24) is 0 Å². The summed E-state index contributed by atoms with van der Waals surface area (Å²) in [5.41, 5.74) is 0. The summed E-state index contributed by atoms with van der Waals surface area (Å²) in [7, 11) is 0. The molecule has 1 aromatic carbocycles. The van der Waals surface area contributed by atoms with E-state index >= 15 is 0 Å². The highest BCUT2D eigenvalue weighted by atomic mass is 19.2. The molecule has 0 aliphatic heterocycles. The first-order valence-electron chi connectivity index (χ1n) is 6.60. The summed E-state index contributed by atoms with van der Waals surface area (Å²) in [5.74, 6) is -9.46. The van der Waals surface area contributed by atoms with Gasteiger partial charge in [0.05, 0.1) is 32.8 Å². The van der Waals surface area contributed by atoms with Gasteiger partial charge in [0.25, 0.3) is 0 Å². The third kappa shape index (κ3) is 6.33. The van der Waals surface area contributed by atoms with Crippen molar-refractivity contribution in [2.24, 2.45) is 0 Å². The lowest BCUT2D eigenvalue weighted by atomic mass is 10.3. The Morgan fingerprint density at radius 3 is 2.09 bits per heavy atom. The largest absolute Gasteiger partial charge is 0.420 e. The van der Waals surface area contributed by atoms with Gasteiger partial charge in [0.15, 0.2) is 11.6 Å². The molecule has 0 aliphatic rings. The molecule has 0 atom stereocenters. The van der Waals surface area contributed by atoms with Gasteiger partial charge in [-0.1, -0.05) is 0 Å². The number of carbonyl (C=O) groups excluding carboxylic acids is 2. The van der Waals surface area contributed by atoms with Crippen molar-refractivity contribution in [3.8, 4) is 5.75 Å². The molecule has 1 aromatic rings. The van der Waals surface area contributed by atoms with Crippen LogP contribution >= 0.6 is 0 Å². The Morgan fingerprint density at radius 2 is 1.52 bits per heavy atom. The summed E-state index contributed by atoms with van der Waals surface area (Å²) in [4.78, 5) is 21.4. The topological polar surface area (TPSA) is 61.8 Å². The first-order valence-corrected chi connectivity index (χ1v) is 6.60. The third-order valence-corrected chi connectivity index (χ3v) is 2.49. The molecule has 0 spiro atoms. The lowest BCUT2D eigenvalue weighted by Crippen LogP contribution is -2.15. The van der Waals surface area contributed by atoms with Gasteiger partial charge in [-0.15, -0.1) is 0 Å². The number of ether oxygens (including phenoxy) is 3. The number of carbonyl (C=O) groups is 2. The van der Waals surface area contributed by atoms with Crippen molar-refractivity contribution in [3.63, 3.8) is 0 Å². The molecular weight excluding hydrogens is 324 g/mol. The Bertz CT molecular complexity index is 524. The Morgan fingerprint density at radius 1 is 0.957 bits per heavy atom. The predicted octanol–water partition coefficient (Wildman–Crippen LogP) is 2.16. The predicted molar refractivity (Wildman–Crippen MR) is 68.8 cm³/mol. The maximum atomic E-state index is 13.3. The molecule has 128 valence electrons. The Hall–Kier alpha value is -2.00. The van der Waals surface area contributed by atoms with Gasteiger partial charge in [0, 0.05) is 12.5 Å². The molecule has 9 heteroatoms. The molecule has 0 aromatic heterocycles. The van der Waals surface area contributed by atoms with E-state index in [0.29, 0.717) is 6.29 Å². The number of hydrogen-bond donors (Lipinski definition) is 0. The maximum Gasteiger partial charge on any atom is 0.313 e. The van der Waals surface area contributed by atoms with E-state index in [1.54, 1.807) is 0 Å². The number of rotatable bonds is 10. The van der Waals surface area contributed by atoms with E-state index < -0.39 is 35.0 Å². The Kier molecular flexibility index (Phi) is 8.20. The molecule has 0 radical (unpaired) electrons. The minimum Gasteiger partial charge on any atom is -0.420 e. The molecule has 5 nitrogen and oxygen atoms in total. The van der Waals surface area contributed by atoms with Crippen molar-refractivity contribution in [1.29, 1.82) is 0 Å². The average molecular weight is 338 g/mol. The quantitative estimate of drug-likeness (QED) is 0.163. The molecular formula is C14H14F4O5. The second-order valence-corrected chi connectivity index (χ2v) is 4.20. The zero-order chi connectivity index (χ0) is 17.2. The number of esters is 1. The van der Waals surface area contributed by atoms with Gasteiger partial charge in [-0.3, -0.25) is 4.79 Å². The molecule has 0 bridgehead atoms. The van der Waals surface area contributed by atoms with Crippen molar-refractivity contribution in [3.05, 3.63) is 29.3 Å². The molecule has 0 saturated carbocycles. The summed E-state index contributed by atoms with van der Waals surface area (Å²) < 4.78 is 66.6. The van der Waals surface area contributed by atoms with Crippen molar-refractivity contribution >= 4 is 12.3 Å². The number of benzene rings is 1. The molecule has 0 amide bonds. The van der Waals surface area contributed by atoms with Gasteiger partial charge in [0.1, 0.15) is 6.29 Å². The number of aldehydes is 1. The second-order valence-electron chi connectivity index (χ2n) is 4.20. The molecule has 0 unspecified atom stereocenters. The monoisotopic (exact) mass is 338 g/mol. The lowest BCUT2D eigenvalue weighted by Gasteiger charge is -2.08. The first kappa shape index (κ1) is 19.0. The summed E-state index contributed by atoms with van der Waals surface area (Å²) >= 11 is 0. The standard InChI is InChI=1S/C14H14F4O5/c15-9-8-10(16)13(18)14(12(9)17)23-11(20)2-5-22-7-6-21-4-1-3-19/h3,8H,1-2,4-7H2. The zero-order valence-electron chi connectivity index (χ0n) is 12.0. The van der Waals surface area contributed by atoms with E-state index in [0.717, 1.165) is 0 Å². The molecule has 0 saturated heterocycles. The van der Waals surface area contributed by atoms with Gasteiger partial charge < -0.3 is 19.0 Å². The van der Waals surface area contributed by atoms with Crippen LogP contribution in [0.3, 0.4) is 0 Å². The molecule has 0 aliphatic carbocycles. The van der Waals surface area contributed by atoms with Crippen LogP contribution in [0.5, 0.6) is 5.75 Å². The van der Waals surface area contributed by atoms with Gasteiger partial charge in [-0.05, 0) is 0 Å². The van der Waals surface area contributed by atoms with Crippen molar-refractivity contribution in [2.45, 2.75) is 12.8 Å². The van der Waals surface area contributed by atoms with Gasteiger partial charge in [0.2, 0.25) is 17.4 Å². The fourth-order valence-electron chi connectivity index (χ4n) is 1.41. The summed E-state index contributed by atoms with van der Waals surface area (Å²) in [6, 6.07) is 0.00965. The first-order chi connectivity index (χ1) is 11.0. The smallest absolute Gasteiger partial charge is 0.313 e. The van der Waals surface area contributed by atoms with Gasteiger partial charge >= 0.3 is 5.97 Å². The SMILES string of the molecule is O=CCCOCCOCCC(=O)Oc1c(F)c(F)cc(F)c1F. The molecule has 1 rings (SSSR count). The van der Waals surface area contributed by atoms with Crippen LogP contribution in [0.2, 0.25) is 0 Å². The van der Waals surface area contributed by atoms with Crippen LogP contribution in [0.4, 0.5) is 17.6 Å². The third-order valence-electron chi connectivity index (χ3n) is 2.49. The van der Waals surface area contributed by atoms with Crippen LogP contribution in [0.25, 0.3) is 0 Å². The summed E-state index contributed by atoms with van der Waals surface area (Å²) in [6.07, 6.45) is 0.573. The normalized spacial score (nSPS) is 10.6. The maximum absolute atomic E-state index is 13.3. The van der Waals surface area contributed by atoms with Crippen LogP contribution in [0, 0.1) is 23.3 Å². The summed E-state index contributed by atoms with van der Waals surface area (Å²) in [5, 5.41) is 0. The van der Waals surface area contributed by atoms with Crippen LogP contribution in [0.15, 0.2) is 6.07 Å². The molecule has 0 fully saturated rings. The van der Waals surface area contributed by atoms with Crippen molar-refractivity contribution < 1.29 is 41.4 Å². The highest BCUT2D eigenvalue weighted by molar-refractivity contribution is 5.72. The van der Waals surface area contributed by atoms with E-state index in [1.165, 1.54) is 0 Å². The highest BCUT2D eigenvalue weighted by Gasteiger charge is 2.22. The average Bonchev–Trinajstić information content (AvgIpc) is 2.52. The van der Waals surface area contributed by atoms with Crippen LogP contribution < -0.4 is 4.74 Å². The van der Waals surface area contributed by atoms with E-state index in [-0.39, 0.29) is 45.3 Å². The minimum absolute atomic E-state index is 0.00965. The second kappa shape index (κ2) is 9.90.